The number of nitrogens with zero attached hydrogens (tertiary/aromatic N) is 1. The maximum absolute atomic E-state index is 11.9. The minimum atomic E-state index is -0.369. The van der Waals surface area contributed by atoms with Crippen LogP contribution in [-0.2, 0) is 16.0 Å². The monoisotopic (exact) mass is 315 g/mol. The van der Waals surface area contributed by atoms with E-state index in [9.17, 15) is 4.79 Å². The summed E-state index contributed by atoms with van der Waals surface area (Å²) >= 11 is 0. The molecule has 0 saturated carbocycles. The maximum Gasteiger partial charge on any atom is 0.311 e. The summed E-state index contributed by atoms with van der Waals surface area (Å²) in [7, 11) is 0. The lowest BCUT2D eigenvalue weighted by atomic mass is 9.90. The third-order valence-corrected chi connectivity index (χ3v) is 4.71. The Bertz CT molecular complexity index is 561. The number of rotatable bonds is 7. The maximum atomic E-state index is 11.9. The molecule has 1 aromatic rings. The summed E-state index contributed by atoms with van der Waals surface area (Å²) < 4.78 is 5.36. The molecule has 0 fully saturated rings. The molecule has 0 radical (unpaired) electrons. The van der Waals surface area contributed by atoms with Crippen LogP contribution in [0.15, 0.2) is 29.3 Å². The van der Waals surface area contributed by atoms with Crippen LogP contribution in [0.3, 0.4) is 0 Å². The molecular formula is C20H29NO2. The highest BCUT2D eigenvalue weighted by Crippen LogP contribution is 2.22. The van der Waals surface area contributed by atoms with E-state index in [-0.39, 0.29) is 11.4 Å². The first kappa shape index (κ1) is 17.7. The molecule has 126 valence electrons. The van der Waals surface area contributed by atoms with Gasteiger partial charge in [0.1, 0.15) is 0 Å². The first-order valence-corrected chi connectivity index (χ1v) is 8.83. The van der Waals surface area contributed by atoms with Crippen molar-refractivity contribution in [1.82, 2.24) is 0 Å². The lowest BCUT2D eigenvalue weighted by Gasteiger charge is -2.20. The molecule has 0 amide bonds. The average Bonchev–Trinajstić information content (AvgIpc) is 2.57. The zero-order valence-electron chi connectivity index (χ0n) is 14.7. The van der Waals surface area contributed by atoms with Gasteiger partial charge in [-0.1, -0.05) is 31.2 Å². The van der Waals surface area contributed by atoms with E-state index in [1.165, 1.54) is 29.7 Å². The quantitative estimate of drug-likeness (QED) is 0.546. The van der Waals surface area contributed by atoms with Crippen LogP contribution < -0.4 is 0 Å². The van der Waals surface area contributed by atoms with E-state index in [0.717, 1.165) is 32.2 Å². The molecule has 1 aliphatic carbocycles. The average molecular weight is 315 g/mol. The van der Waals surface area contributed by atoms with Crippen LogP contribution in [0.1, 0.15) is 64.0 Å². The van der Waals surface area contributed by atoms with Crippen molar-refractivity contribution >= 4 is 11.7 Å². The Hall–Kier alpha value is -1.64. The largest absolute Gasteiger partial charge is 0.465 e. The normalized spacial score (nSPS) is 16.2. The van der Waals surface area contributed by atoms with Crippen molar-refractivity contribution in [1.29, 1.82) is 0 Å². The first-order chi connectivity index (χ1) is 11.0. The fourth-order valence-electron chi connectivity index (χ4n) is 2.70. The molecule has 0 aliphatic heterocycles. The van der Waals surface area contributed by atoms with Crippen molar-refractivity contribution in [2.75, 3.05) is 13.2 Å². The summed E-state index contributed by atoms with van der Waals surface area (Å²) in [6, 6.07) is 8.59. The van der Waals surface area contributed by atoms with Crippen molar-refractivity contribution in [3.05, 3.63) is 35.4 Å². The Morgan fingerprint density at radius 1 is 1.22 bits per heavy atom. The molecule has 0 heterocycles. The molecule has 0 unspecified atom stereocenters. The van der Waals surface area contributed by atoms with E-state index >= 15 is 0 Å². The molecule has 2 rings (SSSR count). The zero-order valence-corrected chi connectivity index (χ0v) is 14.7. The van der Waals surface area contributed by atoms with Crippen LogP contribution in [0, 0.1) is 5.41 Å². The van der Waals surface area contributed by atoms with Gasteiger partial charge in [0.2, 0.25) is 0 Å². The van der Waals surface area contributed by atoms with Gasteiger partial charge in [0, 0.05) is 12.3 Å². The minimum Gasteiger partial charge on any atom is -0.465 e. The Kier molecular flexibility index (Phi) is 6.37. The second-order valence-electron chi connectivity index (χ2n) is 6.92. The van der Waals surface area contributed by atoms with Gasteiger partial charge in [-0.2, -0.15) is 0 Å². The molecule has 0 saturated heterocycles. The van der Waals surface area contributed by atoms with Crippen LogP contribution >= 0.6 is 0 Å². The molecule has 0 atom stereocenters. The van der Waals surface area contributed by atoms with E-state index in [2.05, 4.69) is 24.3 Å². The molecular weight excluding hydrogens is 286 g/mol. The lowest BCUT2D eigenvalue weighted by Crippen LogP contribution is -2.26. The standard InChI is InChI=1S/C20H29NO2/c1-4-20(2,3)19(22)23-15-8-7-14-21-18-13-9-11-16-10-5-6-12-17(16)18/h5-6,10,12H,4,7-9,11,13-15H2,1-3H3. The van der Waals surface area contributed by atoms with Gasteiger partial charge in [0.25, 0.3) is 0 Å². The van der Waals surface area contributed by atoms with Gasteiger partial charge in [-0.3, -0.25) is 9.79 Å². The van der Waals surface area contributed by atoms with E-state index in [0.29, 0.717) is 6.61 Å². The van der Waals surface area contributed by atoms with Gasteiger partial charge < -0.3 is 4.74 Å². The van der Waals surface area contributed by atoms with Crippen molar-refractivity contribution < 1.29 is 9.53 Å². The van der Waals surface area contributed by atoms with Crippen LogP contribution in [-0.4, -0.2) is 24.8 Å². The predicted octanol–water partition coefficient (Wildman–Crippen LogP) is 4.57. The topological polar surface area (TPSA) is 38.7 Å². The number of hydrogen-bond donors (Lipinski definition) is 0. The third kappa shape index (κ3) is 4.92. The SMILES string of the molecule is CCC(C)(C)C(=O)OCCCCN=C1CCCc2ccccc21. The van der Waals surface area contributed by atoms with Gasteiger partial charge in [0.15, 0.2) is 0 Å². The minimum absolute atomic E-state index is 0.0903. The van der Waals surface area contributed by atoms with Gasteiger partial charge >= 0.3 is 5.97 Å². The molecule has 23 heavy (non-hydrogen) atoms. The second-order valence-corrected chi connectivity index (χ2v) is 6.92. The Balaban J connectivity index is 1.73. The number of hydrogen-bond acceptors (Lipinski definition) is 3. The number of unbranched alkanes of at least 4 members (excludes halogenated alkanes) is 1. The van der Waals surface area contributed by atoms with Crippen LogP contribution in [0.2, 0.25) is 0 Å². The highest BCUT2D eigenvalue weighted by molar-refractivity contribution is 6.02. The number of aliphatic imine (C=N–C) groups is 1. The van der Waals surface area contributed by atoms with Crippen LogP contribution in [0.5, 0.6) is 0 Å². The molecule has 0 N–H and O–H groups in total. The zero-order chi connectivity index (χ0) is 16.7. The van der Waals surface area contributed by atoms with Gasteiger partial charge in [-0.25, -0.2) is 0 Å². The third-order valence-electron chi connectivity index (χ3n) is 4.71. The smallest absolute Gasteiger partial charge is 0.311 e. The number of ether oxygens (including phenoxy) is 1. The molecule has 0 aromatic heterocycles. The second kappa shape index (κ2) is 8.28. The van der Waals surface area contributed by atoms with Crippen molar-refractivity contribution in [3.63, 3.8) is 0 Å². The fraction of sp³-hybridized carbons (Fsp3) is 0.600. The van der Waals surface area contributed by atoms with Crippen LogP contribution in [0.4, 0.5) is 0 Å². The van der Waals surface area contributed by atoms with Gasteiger partial charge in [-0.05, 0) is 63.5 Å². The number of carbonyl (C=O) groups is 1. The number of esters is 1. The predicted molar refractivity (Wildman–Crippen MR) is 95.0 cm³/mol. The number of fused-ring (bicyclic) bond motifs is 1. The summed E-state index contributed by atoms with van der Waals surface area (Å²) in [5.41, 5.74) is 3.63. The fourth-order valence-corrected chi connectivity index (χ4v) is 2.70. The van der Waals surface area contributed by atoms with E-state index in [1.807, 2.05) is 20.8 Å². The van der Waals surface area contributed by atoms with Gasteiger partial charge in [0.05, 0.1) is 12.0 Å². The molecule has 3 heteroatoms. The first-order valence-electron chi connectivity index (χ1n) is 8.83. The molecule has 1 aromatic carbocycles. The lowest BCUT2D eigenvalue weighted by molar-refractivity contribution is -0.154. The molecule has 3 nitrogen and oxygen atoms in total. The van der Waals surface area contributed by atoms with Gasteiger partial charge in [-0.15, -0.1) is 0 Å². The summed E-state index contributed by atoms with van der Waals surface area (Å²) in [6.45, 7) is 7.20. The Morgan fingerprint density at radius 2 is 2.00 bits per heavy atom. The summed E-state index contributed by atoms with van der Waals surface area (Å²) in [4.78, 5) is 16.6. The van der Waals surface area contributed by atoms with E-state index in [1.54, 1.807) is 0 Å². The Morgan fingerprint density at radius 3 is 2.78 bits per heavy atom. The van der Waals surface area contributed by atoms with E-state index < -0.39 is 0 Å². The number of carbonyl (C=O) groups excluding carboxylic acids is 1. The Labute approximate surface area is 140 Å². The summed E-state index contributed by atoms with van der Waals surface area (Å²) in [5, 5.41) is 0. The van der Waals surface area contributed by atoms with Crippen molar-refractivity contribution in [2.24, 2.45) is 10.4 Å². The summed E-state index contributed by atoms with van der Waals surface area (Å²) in [6.07, 6.45) is 6.09. The van der Waals surface area contributed by atoms with Crippen LogP contribution in [0.25, 0.3) is 0 Å². The van der Waals surface area contributed by atoms with Crippen molar-refractivity contribution in [2.45, 2.75) is 59.3 Å². The highest BCUT2D eigenvalue weighted by Gasteiger charge is 2.26. The molecule has 1 aliphatic rings. The molecule has 0 spiro atoms. The van der Waals surface area contributed by atoms with E-state index in [4.69, 9.17) is 9.73 Å². The van der Waals surface area contributed by atoms with Crippen molar-refractivity contribution in [3.8, 4) is 0 Å². The molecule has 0 bridgehead atoms. The number of benzene rings is 1. The summed E-state index contributed by atoms with van der Waals surface area (Å²) in [5.74, 6) is -0.0903. The highest BCUT2D eigenvalue weighted by atomic mass is 16.5. The number of aryl methyl sites for hydroxylation is 1.